The Kier molecular flexibility index (Phi) is 6.27. The van der Waals surface area contributed by atoms with Crippen LogP contribution < -0.4 is 10.1 Å². The summed E-state index contributed by atoms with van der Waals surface area (Å²) >= 11 is 8.59. The van der Waals surface area contributed by atoms with Crippen LogP contribution in [0.1, 0.15) is 0 Å². The predicted molar refractivity (Wildman–Crippen MR) is 135 cm³/mol. The van der Waals surface area contributed by atoms with E-state index in [9.17, 15) is 4.79 Å². The highest BCUT2D eigenvalue weighted by atomic mass is 35.5. The van der Waals surface area contributed by atoms with Crippen molar-refractivity contribution in [1.82, 2.24) is 19.7 Å². The highest BCUT2D eigenvalue weighted by Crippen LogP contribution is 2.33. The average molecular weight is 512 g/mol. The van der Waals surface area contributed by atoms with Gasteiger partial charge in [-0.25, -0.2) is 4.98 Å². The first-order valence-electron chi connectivity index (χ1n) is 10.1. The predicted octanol–water partition coefficient (Wildman–Crippen LogP) is 5.74. The SMILES string of the molecule is COc1cccc2cc(-c3nnc(SCC(=O)Nc4nc(-c5ccc(Cl)cc5)cs4)n3C)oc12. The van der Waals surface area contributed by atoms with E-state index in [4.69, 9.17) is 20.8 Å². The van der Waals surface area contributed by atoms with Crippen molar-refractivity contribution in [3.63, 3.8) is 0 Å². The number of para-hydroxylation sites is 1. The number of nitrogens with zero attached hydrogens (tertiary/aromatic N) is 4. The average Bonchev–Trinajstić information content (AvgIpc) is 3.56. The highest BCUT2D eigenvalue weighted by Gasteiger charge is 2.18. The molecule has 0 bridgehead atoms. The zero-order valence-electron chi connectivity index (χ0n) is 18.1. The van der Waals surface area contributed by atoms with Gasteiger partial charge in [-0.3, -0.25) is 4.79 Å². The second kappa shape index (κ2) is 9.49. The normalized spacial score (nSPS) is 11.1. The first-order chi connectivity index (χ1) is 16.5. The van der Waals surface area contributed by atoms with E-state index in [-0.39, 0.29) is 11.7 Å². The Morgan fingerprint density at radius 1 is 1.24 bits per heavy atom. The Morgan fingerprint density at radius 3 is 2.85 bits per heavy atom. The summed E-state index contributed by atoms with van der Waals surface area (Å²) in [6.45, 7) is 0. The fraction of sp³-hybridized carbons (Fsp3) is 0.130. The fourth-order valence-electron chi connectivity index (χ4n) is 3.33. The van der Waals surface area contributed by atoms with Gasteiger partial charge in [-0.15, -0.1) is 21.5 Å². The summed E-state index contributed by atoms with van der Waals surface area (Å²) in [4.78, 5) is 17.0. The number of carbonyl (C=O) groups is 1. The quantitative estimate of drug-likeness (QED) is 0.278. The number of thiazole rings is 1. The molecule has 3 heterocycles. The zero-order valence-corrected chi connectivity index (χ0v) is 20.5. The first kappa shape index (κ1) is 22.5. The van der Waals surface area contributed by atoms with Crippen molar-refractivity contribution in [2.45, 2.75) is 5.16 Å². The van der Waals surface area contributed by atoms with Gasteiger partial charge in [0, 0.05) is 28.4 Å². The van der Waals surface area contributed by atoms with Crippen molar-refractivity contribution in [2.24, 2.45) is 7.05 Å². The minimum atomic E-state index is -0.181. The molecule has 0 fully saturated rings. The molecule has 8 nitrogen and oxygen atoms in total. The maximum Gasteiger partial charge on any atom is 0.236 e. The Labute approximate surface area is 207 Å². The minimum Gasteiger partial charge on any atom is -0.493 e. The van der Waals surface area contributed by atoms with Crippen molar-refractivity contribution in [2.75, 3.05) is 18.2 Å². The lowest BCUT2D eigenvalue weighted by atomic mass is 10.2. The van der Waals surface area contributed by atoms with E-state index >= 15 is 0 Å². The van der Waals surface area contributed by atoms with Crippen LogP contribution in [0.2, 0.25) is 5.02 Å². The van der Waals surface area contributed by atoms with Crippen LogP contribution in [0.4, 0.5) is 5.13 Å². The number of rotatable bonds is 7. The fourth-order valence-corrected chi connectivity index (χ4v) is 4.91. The van der Waals surface area contributed by atoms with Gasteiger partial charge in [-0.1, -0.05) is 47.6 Å². The van der Waals surface area contributed by atoms with Crippen molar-refractivity contribution in [3.8, 4) is 28.6 Å². The Balaban J connectivity index is 1.24. The number of ether oxygens (including phenoxy) is 1. The summed E-state index contributed by atoms with van der Waals surface area (Å²) < 4.78 is 13.1. The molecule has 5 rings (SSSR count). The van der Waals surface area contributed by atoms with E-state index in [1.165, 1.54) is 23.1 Å². The van der Waals surface area contributed by atoms with Crippen molar-refractivity contribution in [3.05, 3.63) is 58.9 Å². The number of amides is 1. The van der Waals surface area contributed by atoms with Gasteiger partial charge in [0.1, 0.15) is 0 Å². The summed E-state index contributed by atoms with van der Waals surface area (Å²) in [5.74, 6) is 1.77. The molecule has 0 saturated heterocycles. The Morgan fingerprint density at radius 2 is 2.06 bits per heavy atom. The van der Waals surface area contributed by atoms with Gasteiger partial charge < -0.3 is 19.0 Å². The summed E-state index contributed by atoms with van der Waals surface area (Å²) in [5.41, 5.74) is 2.37. The van der Waals surface area contributed by atoms with Crippen LogP contribution in [-0.4, -0.2) is 38.5 Å². The zero-order chi connectivity index (χ0) is 23.7. The third-order valence-corrected chi connectivity index (χ3v) is 7.04. The molecule has 0 unspecified atom stereocenters. The van der Waals surface area contributed by atoms with Crippen LogP contribution >= 0.6 is 34.7 Å². The first-order valence-corrected chi connectivity index (χ1v) is 12.4. The molecule has 5 aromatic rings. The number of nitrogens with one attached hydrogen (secondary N) is 1. The molecule has 34 heavy (non-hydrogen) atoms. The summed E-state index contributed by atoms with van der Waals surface area (Å²) in [5, 5.41) is 15.9. The molecule has 1 N–H and O–H groups in total. The molecule has 11 heteroatoms. The number of halogens is 1. The third kappa shape index (κ3) is 4.52. The van der Waals surface area contributed by atoms with Crippen LogP contribution in [0, 0.1) is 0 Å². The molecule has 0 radical (unpaired) electrons. The van der Waals surface area contributed by atoms with Gasteiger partial charge in [0.15, 0.2) is 33.2 Å². The van der Waals surface area contributed by atoms with E-state index in [1.54, 1.807) is 11.7 Å². The van der Waals surface area contributed by atoms with E-state index in [2.05, 4.69) is 20.5 Å². The topological polar surface area (TPSA) is 95.1 Å². The molecule has 0 saturated carbocycles. The van der Waals surface area contributed by atoms with Crippen molar-refractivity contribution < 1.29 is 13.9 Å². The lowest BCUT2D eigenvalue weighted by Gasteiger charge is -2.03. The van der Waals surface area contributed by atoms with Crippen LogP contribution in [0.25, 0.3) is 33.8 Å². The van der Waals surface area contributed by atoms with Crippen LogP contribution in [0.15, 0.2) is 63.5 Å². The molecular weight excluding hydrogens is 494 g/mol. The number of hydrogen-bond donors (Lipinski definition) is 1. The second-order valence-electron chi connectivity index (χ2n) is 7.24. The molecule has 2 aromatic carbocycles. The van der Waals surface area contributed by atoms with Crippen LogP contribution in [-0.2, 0) is 11.8 Å². The largest absolute Gasteiger partial charge is 0.493 e. The Bertz CT molecular complexity index is 1480. The maximum atomic E-state index is 12.5. The Hall–Kier alpha value is -3.34. The molecule has 0 aliphatic carbocycles. The lowest BCUT2D eigenvalue weighted by Crippen LogP contribution is -2.14. The number of thioether (sulfide) groups is 1. The number of furan rings is 1. The lowest BCUT2D eigenvalue weighted by molar-refractivity contribution is -0.113. The number of aromatic nitrogens is 4. The molecule has 172 valence electrons. The van der Waals surface area contributed by atoms with Crippen molar-refractivity contribution in [1.29, 1.82) is 0 Å². The standard InChI is InChI=1S/C23H18ClN5O3S2/c1-29-21(18-10-14-4-3-5-17(31-2)20(14)32-18)27-28-23(29)34-12-19(30)26-22-25-16(11-33-22)13-6-8-15(24)9-7-13/h3-11H,12H2,1-2H3,(H,25,26,30). The molecule has 1 amide bonds. The number of methoxy groups -OCH3 is 1. The van der Waals surface area contributed by atoms with Gasteiger partial charge in [-0.05, 0) is 24.3 Å². The second-order valence-corrected chi connectivity index (χ2v) is 9.47. The van der Waals surface area contributed by atoms with Gasteiger partial charge >= 0.3 is 0 Å². The van der Waals surface area contributed by atoms with Crippen LogP contribution in [0.3, 0.4) is 0 Å². The molecule has 0 aliphatic rings. The van der Waals surface area contributed by atoms with Gasteiger partial charge in [0.05, 0.1) is 18.6 Å². The van der Waals surface area contributed by atoms with Gasteiger partial charge in [-0.2, -0.15) is 0 Å². The number of anilines is 1. The maximum absolute atomic E-state index is 12.5. The molecule has 0 atom stereocenters. The smallest absolute Gasteiger partial charge is 0.236 e. The number of hydrogen-bond acceptors (Lipinski definition) is 8. The minimum absolute atomic E-state index is 0.162. The van der Waals surface area contributed by atoms with Crippen molar-refractivity contribution >= 4 is 56.7 Å². The number of carbonyl (C=O) groups excluding carboxylic acids is 1. The summed E-state index contributed by atoms with van der Waals surface area (Å²) in [6.07, 6.45) is 0. The number of benzene rings is 2. The van der Waals surface area contributed by atoms with E-state index in [0.29, 0.717) is 38.2 Å². The molecular formula is C23H18ClN5O3S2. The summed E-state index contributed by atoms with van der Waals surface area (Å²) in [7, 11) is 3.43. The highest BCUT2D eigenvalue weighted by molar-refractivity contribution is 7.99. The third-order valence-electron chi connectivity index (χ3n) is 5.01. The number of fused-ring (bicyclic) bond motifs is 1. The monoisotopic (exact) mass is 511 g/mol. The van der Waals surface area contributed by atoms with Gasteiger partial charge in [0.25, 0.3) is 0 Å². The van der Waals surface area contributed by atoms with Crippen LogP contribution in [0.5, 0.6) is 5.75 Å². The van der Waals surface area contributed by atoms with E-state index in [0.717, 1.165) is 16.6 Å². The molecule has 0 spiro atoms. The van der Waals surface area contributed by atoms with E-state index < -0.39 is 0 Å². The summed E-state index contributed by atoms with van der Waals surface area (Å²) in [6, 6.07) is 15.0. The molecule has 0 aliphatic heterocycles. The van der Waals surface area contributed by atoms with E-state index in [1.807, 2.05) is 61.0 Å². The molecule has 3 aromatic heterocycles. The van der Waals surface area contributed by atoms with Gasteiger partial charge in [0.2, 0.25) is 5.91 Å².